The summed E-state index contributed by atoms with van der Waals surface area (Å²) in [6.07, 6.45) is -2.87. The number of Topliss-reactive ketones (excluding diaryl/α,β-unsaturated/α-hetero) is 3. The molecular formula is C15H11F3O3. The molecule has 1 unspecified atom stereocenters. The molecule has 6 heteroatoms. The number of halogens is 3. The smallest absolute Gasteiger partial charge is 0.298 e. The summed E-state index contributed by atoms with van der Waals surface area (Å²) in [5.41, 5.74) is -1.46. The monoisotopic (exact) mass is 296 g/mol. The second-order valence-corrected chi connectivity index (χ2v) is 4.71. The van der Waals surface area contributed by atoms with E-state index in [0.29, 0.717) is 12.5 Å². The van der Waals surface area contributed by atoms with Gasteiger partial charge in [-0.3, -0.25) is 14.4 Å². The molecular weight excluding hydrogens is 285 g/mol. The summed E-state index contributed by atoms with van der Waals surface area (Å²) in [6, 6.07) is 2.33. The number of alkyl halides is 3. The Morgan fingerprint density at radius 2 is 1.81 bits per heavy atom. The first-order valence-corrected chi connectivity index (χ1v) is 6.20. The first-order valence-electron chi connectivity index (χ1n) is 6.20. The van der Waals surface area contributed by atoms with E-state index in [1.54, 1.807) is 0 Å². The topological polar surface area (TPSA) is 51.2 Å². The van der Waals surface area contributed by atoms with Crippen molar-refractivity contribution in [3.8, 4) is 0 Å². The number of hydrogen-bond acceptors (Lipinski definition) is 3. The third kappa shape index (κ3) is 2.66. The third-order valence-corrected chi connectivity index (χ3v) is 3.32. The van der Waals surface area contributed by atoms with Gasteiger partial charge >= 0.3 is 6.18 Å². The van der Waals surface area contributed by atoms with Crippen LogP contribution in [0.1, 0.15) is 39.1 Å². The molecule has 110 valence electrons. The molecule has 0 spiro atoms. The summed E-state index contributed by atoms with van der Waals surface area (Å²) in [6.45, 7) is 3.43. The molecule has 0 amide bonds. The first kappa shape index (κ1) is 15.2. The van der Waals surface area contributed by atoms with E-state index < -0.39 is 35.0 Å². The van der Waals surface area contributed by atoms with Crippen LogP contribution in [0.4, 0.5) is 13.2 Å². The average molecular weight is 296 g/mol. The van der Waals surface area contributed by atoms with Crippen molar-refractivity contribution in [2.75, 3.05) is 0 Å². The van der Waals surface area contributed by atoms with Crippen LogP contribution < -0.4 is 0 Å². The van der Waals surface area contributed by atoms with Crippen LogP contribution >= 0.6 is 0 Å². The normalized spacial score (nSPS) is 17.8. The van der Waals surface area contributed by atoms with E-state index in [1.807, 2.05) is 0 Å². The summed E-state index contributed by atoms with van der Waals surface area (Å²) in [5, 5.41) is 0. The van der Waals surface area contributed by atoms with Crippen molar-refractivity contribution in [3.63, 3.8) is 0 Å². The van der Waals surface area contributed by atoms with Gasteiger partial charge in [-0.15, -0.1) is 6.58 Å². The molecule has 0 heterocycles. The van der Waals surface area contributed by atoms with E-state index in [0.717, 1.165) is 12.1 Å². The van der Waals surface area contributed by atoms with Crippen molar-refractivity contribution in [1.82, 2.24) is 0 Å². The van der Waals surface area contributed by atoms with Gasteiger partial charge in [0.1, 0.15) is 5.92 Å². The molecule has 1 aliphatic rings. The summed E-state index contributed by atoms with van der Waals surface area (Å²) < 4.78 is 37.9. The molecule has 0 radical (unpaired) electrons. The molecule has 0 fully saturated rings. The predicted molar refractivity (Wildman–Crippen MR) is 68.0 cm³/mol. The van der Waals surface area contributed by atoms with Gasteiger partial charge in [0, 0.05) is 17.5 Å². The highest BCUT2D eigenvalue weighted by Crippen LogP contribution is 2.35. The molecule has 0 aliphatic heterocycles. The Morgan fingerprint density at radius 1 is 1.19 bits per heavy atom. The van der Waals surface area contributed by atoms with E-state index in [-0.39, 0.29) is 17.5 Å². The maximum atomic E-state index is 12.6. The van der Waals surface area contributed by atoms with E-state index >= 15 is 0 Å². The summed E-state index contributed by atoms with van der Waals surface area (Å²) >= 11 is 0. The van der Waals surface area contributed by atoms with Gasteiger partial charge in [-0.25, -0.2) is 0 Å². The fourth-order valence-corrected chi connectivity index (χ4v) is 2.25. The SMILES string of the molecule is C=CCCC(=O)C1C(=O)c2ccc(C(F)(F)F)cc2C1=O. The van der Waals surface area contributed by atoms with Crippen LogP contribution in [0.2, 0.25) is 0 Å². The van der Waals surface area contributed by atoms with Crippen molar-refractivity contribution in [2.24, 2.45) is 5.92 Å². The lowest BCUT2D eigenvalue weighted by molar-refractivity contribution is -0.137. The fourth-order valence-electron chi connectivity index (χ4n) is 2.25. The Bertz CT molecular complexity index is 644. The maximum absolute atomic E-state index is 12.6. The molecule has 21 heavy (non-hydrogen) atoms. The van der Waals surface area contributed by atoms with Gasteiger partial charge in [-0.2, -0.15) is 13.2 Å². The molecule has 3 nitrogen and oxygen atoms in total. The minimum Gasteiger partial charge on any atom is -0.298 e. The molecule has 1 atom stereocenters. The third-order valence-electron chi connectivity index (χ3n) is 3.32. The lowest BCUT2D eigenvalue weighted by Gasteiger charge is -2.07. The molecule has 0 saturated carbocycles. The van der Waals surface area contributed by atoms with Crippen molar-refractivity contribution in [3.05, 3.63) is 47.5 Å². The highest BCUT2D eigenvalue weighted by atomic mass is 19.4. The first-order chi connectivity index (χ1) is 9.77. The van der Waals surface area contributed by atoms with Gasteiger partial charge in [-0.1, -0.05) is 12.1 Å². The van der Waals surface area contributed by atoms with Gasteiger partial charge in [0.15, 0.2) is 17.3 Å². The van der Waals surface area contributed by atoms with Crippen LogP contribution in [0.3, 0.4) is 0 Å². The van der Waals surface area contributed by atoms with Crippen molar-refractivity contribution in [1.29, 1.82) is 0 Å². The van der Waals surface area contributed by atoms with Gasteiger partial charge in [0.2, 0.25) is 0 Å². The Morgan fingerprint density at radius 3 is 2.38 bits per heavy atom. The van der Waals surface area contributed by atoms with Crippen LogP contribution in [0.5, 0.6) is 0 Å². The predicted octanol–water partition coefficient (Wildman–Crippen LogP) is 3.24. The minimum absolute atomic E-state index is 0.0359. The van der Waals surface area contributed by atoms with Crippen LogP contribution in [0.25, 0.3) is 0 Å². The van der Waals surface area contributed by atoms with Crippen LogP contribution in [-0.2, 0) is 11.0 Å². The van der Waals surface area contributed by atoms with Crippen LogP contribution in [0.15, 0.2) is 30.9 Å². The van der Waals surface area contributed by atoms with Gasteiger partial charge in [-0.05, 0) is 18.6 Å². The van der Waals surface area contributed by atoms with E-state index in [1.165, 1.54) is 6.08 Å². The maximum Gasteiger partial charge on any atom is 0.416 e. The molecule has 0 saturated heterocycles. The highest BCUT2D eigenvalue weighted by Gasteiger charge is 2.44. The zero-order chi connectivity index (χ0) is 15.8. The number of hydrogen-bond donors (Lipinski definition) is 0. The van der Waals surface area contributed by atoms with Crippen LogP contribution in [0, 0.1) is 5.92 Å². The Kier molecular flexibility index (Phi) is 3.80. The second-order valence-electron chi connectivity index (χ2n) is 4.71. The molecule has 0 bridgehead atoms. The quantitative estimate of drug-likeness (QED) is 0.633. The standard InChI is InChI=1S/C15H11F3O3/c1-2-3-4-11(19)12-13(20)9-6-5-8(15(16,17)18)7-10(9)14(12)21/h2,5-7,12H,1,3-4H2. The second kappa shape index (κ2) is 5.27. The zero-order valence-corrected chi connectivity index (χ0v) is 10.9. The lowest BCUT2D eigenvalue weighted by Crippen LogP contribution is -2.25. The number of carbonyl (C=O) groups excluding carboxylic acids is 3. The average Bonchev–Trinajstić information content (AvgIpc) is 2.67. The molecule has 2 rings (SSSR count). The Labute approximate surface area is 118 Å². The van der Waals surface area contributed by atoms with E-state index in [4.69, 9.17) is 0 Å². The fraction of sp³-hybridized carbons (Fsp3) is 0.267. The molecule has 1 aromatic rings. The summed E-state index contributed by atoms with van der Waals surface area (Å²) in [7, 11) is 0. The van der Waals surface area contributed by atoms with Gasteiger partial charge in [0.25, 0.3) is 0 Å². The summed E-state index contributed by atoms with van der Waals surface area (Å²) in [4.78, 5) is 35.9. The van der Waals surface area contributed by atoms with Crippen molar-refractivity contribution in [2.45, 2.75) is 19.0 Å². The van der Waals surface area contributed by atoms with Crippen molar-refractivity contribution >= 4 is 17.3 Å². The summed E-state index contributed by atoms with van der Waals surface area (Å²) in [5.74, 6) is -3.67. The number of rotatable bonds is 4. The van der Waals surface area contributed by atoms with Gasteiger partial charge < -0.3 is 0 Å². The Balaban J connectivity index is 2.38. The van der Waals surface area contributed by atoms with Crippen LogP contribution in [-0.4, -0.2) is 17.3 Å². The minimum atomic E-state index is -4.61. The lowest BCUT2D eigenvalue weighted by atomic mass is 9.95. The number of fused-ring (bicyclic) bond motifs is 1. The Hall–Kier alpha value is -2.24. The van der Waals surface area contributed by atoms with Gasteiger partial charge in [0.05, 0.1) is 5.56 Å². The number of carbonyl (C=O) groups is 3. The van der Waals surface area contributed by atoms with E-state index in [2.05, 4.69) is 6.58 Å². The number of benzene rings is 1. The molecule has 1 aliphatic carbocycles. The molecule has 0 N–H and O–H groups in total. The molecule has 0 aromatic heterocycles. The van der Waals surface area contributed by atoms with E-state index in [9.17, 15) is 27.6 Å². The van der Waals surface area contributed by atoms with Crippen molar-refractivity contribution < 1.29 is 27.6 Å². The number of allylic oxidation sites excluding steroid dienone is 1. The largest absolute Gasteiger partial charge is 0.416 e. The number of ketones is 3. The zero-order valence-electron chi connectivity index (χ0n) is 10.9. The highest BCUT2D eigenvalue weighted by molar-refractivity contribution is 6.35. The molecule has 1 aromatic carbocycles.